The Morgan fingerprint density at radius 3 is 3.12 bits per heavy atom. The maximum absolute atomic E-state index is 12.0. The van der Waals surface area contributed by atoms with Gasteiger partial charge in [0.2, 0.25) is 0 Å². The summed E-state index contributed by atoms with van der Waals surface area (Å²) in [5.74, 6) is -0.0429. The van der Waals surface area contributed by atoms with E-state index in [4.69, 9.17) is 0 Å². The van der Waals surface area contributed by atoms with E-state index in [1.165, 1.54) is 0 Å². The molecule has 0 aromatic carbocycles. The summed E-state index contributed by atoms with van der Waals surface area (Å²) in [6, 6.07) is 0.360. The van der Waals surface area contributed by atoms with Gasteiger partial charge in [0.15, 0.2) is 5.65 Å². The van der Waals surface area contributed by atoms with E-state index in [2.05, 4.69) is 15.3 Å². The van der Waals surface area contributed by atoms with Crippen molar-refractivity contribution in [1.29, 1.82) is 0 Å². The third kappa shape index (κ3) is 1.44. The van der Waals surface area contributed by atoms with Gasteiger partial charge in [-0.05, 0) is 19.8 Å². The zero-order valence-electron chi connectivity index (χ0n) is 8.97. The molecule has 2 heterocycles. The van der Waals surface area contributed by atoms with E-state index in [-0.39, 0.29) is 5.91 Å². The van der Waals surface area contributed by atoms with Gasteiger partial charge in [-0.2, -0.15) is 0 Å². The van der Waals surface area contributed by atoms with Gasteiger partial charge in [0, 0.05) is 18.4 Å². The lowest BCUT2D eigenvalue weighted by molar-refractivity contribution is 0.0944. The molecular formula is C11H12N4O. The summed E-state index contributed by atoms with van der Waals surface area (Å²) >= 11 is 0. The minimum Gasteiger partial charge on any atom is -0.348 e. The summed E-state index contributed by atoms with van der Waals surface area (Å²) in [5.41, 5.74) is 2.07. The van der Waals surface area contributed by atoms with Crippen molar-refractivity contribution in [3.63, 3.8) is 0 Å². The first-order chi connectivity index (χ1) is 7.75. The van der Waals surface area contributed by atoms with E-state index in [1.54, 1.807) is 23.0 Å². The van der Waals surface area contributed by atoms with Gasteiger partial charge in [0.1, 0.15) is 5.69 Å². The van der Waals surface area contributed by atoms with Crippen LogP contribution in [0, 0.1) is 6.92 Å². The molecule has 0 saturated heterocycles. The quantitative estimate of drug-likeness (QED) is 0.812. The Balaban J connectivity index is 2.06. The molecule has 5 nitrogen and oxygen atoms in total. The molecule has 1 N–H and O–H groups in total. The van der Waals surface area contributed by atoms with Crippen molar-refractivity contribution in [2.24, 2.45) is 0 Å². The van der Waals surface area contributed by atoms with Gasteiger partial charge < -0.3 is 5.32 Å². The summed E-state index contributed by atoms with van der Waals surface area (Å²) in [6.07, 6.45) is 7.24. The largest absolute Gasteiger partial charge is 0.348 e. The summed E-state index contributed by atoms with van der Waals surface area (Å²) in [4.78, 5) is 20.3. The highest BCUT2D eigenvalue weighted by Gasteiger charge is 2.26. The van der Waals surface area contributed by atoms with Gasteiger partial charge in [-0.25, -0.2) is 4.98 Å². The van der Waals surface area contributed by atoms with Gasteiger partial charge in [-0.15, -0.1) is 0 Å². The van der Waals surface area contributed by atoms with Crippen molar-refractivity contribution in [3.8, 4) is 0 Å². The molecule has 82 valence electrons. The van der Waals surface area contributed by atoms with Gasteiger partial charge in [0.05, 0.1) is 11.9 Å². The lowest BCUT2D eigenvalue weighted by atomic mass is 10.3. The van der Waals surface area contributed by atoms with E-state index < -0.39 is 0 Å². The van der Waals surface area contributed by atoms with Gasteiger partial charge in [0.25, 0.3) is 5.91 Å². The summed E-state index contributed by atoms with van der Waals surface area (Å²) in [5, 5.41) is 2.97. The van der Waals surface area contributed by atoms with E-state index in [0.29, 0.717) is 17.4 Å². The molecule has 2 aromatic rings. The number of hydrogen-bond acceptors (Lipinski definition) is 3. The normalized spacial score (nSPS) is 15.3. The second-order valence-corrected chi connectivity index (χ2v) is 4.10. The zero-order valence-corrected chi connectivity index (χ0v) is 8.97. The Morgan fingerprint density at radius 2 is 2.38 bits per heavy atom. The molecule has 0 aliphatic heterocycles. The van der Waals surface area contributed by atoms with Crippen LogP contribution >= 0.6 is 0 Å². The number of amides is 1. The van der Waals surface area contributed by atoms with Crippen LogP contribution in [0.25, 0.3) is 5.65 Å². The molecule has 1 aliphatic carbocycles. The number of rotatable bonds is 2. The Hall–Kier alpha value is -1.91. The number of imidazole rings is 1. The molecule has 1 aliphatic rings. The van der Waals surface area contributed by atoms with E-state index in [9.17, 15) is 4.79 Å². The molecule has 2 aromatic heterocycles. The summed E-state index contributed by atoms with van der Waals surface area (Å²) < 4.78 is 1.78. The SMILES string of the molecule is Cc1nc2cnccn2c1C(=O)NC1CC1. The number of aromatic nitrogens is 3. The molecule has 1 amide bonds. The molecule has 0 spiro atoms. The van der Waals surface area contributed by atoms with Gasteiger partial charge >= 0.3 is 0 Å². The Kier molecular flexibility index (Phi) is 1.92. The molecule has 0 unspecified atom stereocenters. The van der Waals surface area contributed by atoms with E-state index >= 15 is 0 Å². The number of hydrogen-bond donors (Lipinski definition) is 1. The van der Waals surface area contributed by atoms with Gasteiger partial charge in [-0.3, -0.25) is 14.2 Å². The number of aryl methyl sites for hydroxylation is 1. The third-order valence-corrected chi connectivity index (χ3v) is 2.73. The van der Waals surface area contributed by atoms with Crippen LogP contribution in [0.5, 0.6) is 0 Å². The smallest absolute Gasteiger partial charge is 0.270 e. The van der Waals surface area contributed by atoms with Crippen molar-refractivity contribution in [2.45, 2.75) is 25.8 Å². The number of fused-ring (bicyclic) bond motifs is 1. The first kappa shape index (κ1) is 9.33. The van der Waals surface area contributed by atoms with Crippen LogP contribution in [0.15, 0.2) is 18.6 Å². The second-order valence-electron chi connectivity index (χ2n) is 4.10. The predicted molar refractivity (Wildman–Crippen MR) is 58.2 cm³/mol. The molecule has 0 atom stereocenters. The fourth-order valence-corrected chi connectivity index (χ4v) is 1.78. The average molecular weight is 216 g/mol. The van der Waals surface area contributed by atoms with E-state index in [0.717, 1.165) is 18.5 Å². The minimum absolute atomic E-state index is 0.0429. The molecule has 1 fully saturated rings. The number of nitrogens with one attached hydrogen (secondary N) is 1. The Morgan fingerprint density at radius 1 is 1.56 bits per heavy atom. The van der Waals surface area contributed by atoms with Crippen molar-refractivity contribution in [1.82, 2.24) is 19.7 Å². The monoisotopic (exact) mass is 216 g/mol. The summed E-state index contributed by atoms with van der Waals surface area (Å²) in [6.45, 7) is 1.84. The Bertz CT molecular complexity index is 556. The standard InChI is InChI=1S/C11H12N4O/c1-7-10(11(16)14-8-2-3-8)15-5-4-12-6-9(15)13-7/h4-6,8H,2-3H2,1H3,(H,14,16). The molecular weight excluding hydrogens is 204 g/mol. The van der Waals surface area contributed by atoms with E-state index in [1.807, 2.05) is 6.92 Å². The number of nitrogens with zero attached hydrogens (tertiary/aromatic N) is 3. The van der Waals surface area contributed by atoms with Crippen molar-refractivity contribution < 1.29 is 4.79 Å². The molecule has 3 rings (SSSR count). The fourth-order valence-electron chi connectivity index (χ4n) is 1.78. The van der Waals surface area contributed by atoms with Crippen LogP contribution in [0.2, 0.25) is 0 Å². The first-order valence-corrected chi connectivity index (χ1v) is 5.35. The van der Waals surface area contributed by atoms with Crippen LogP contribution in [-0.4, -0.2) is 26.3 Å². The van der Waals surface area contributed by atoms with Crippen molar-refractivity contribution in [2.75, 3.05) is 0 Å². The minimum atomic E-state index is -0.0429. The molecule has 5 heteroatoms. The highest BCUT2D eigenvalue weighted by atomic mass is 16.2. The van der Waals surface area contributed by atoms with Crippen LogP contribution in [0.4, 0.5) is 0 Å². The number of carbonyl (C=O) groups is 1. The zero-order chi connectivity index (χ0) is 11.1. The molecule has 16 heavy (non-hydrogen) atoms. The topological polar surface area (TPSA) is 59.3 Å². The predicted octanol–water partition coefficient (Wildman–Crippen LogP) is 0.930. The maximum atomic E-state index is 12.0. The molecule has 1 saturated carbocycles. The van der Waals surface area contributed by atoms with Crippen LogP contribution in [-0.2, 0) is 0 Å². The molecule has 0 bridgehead atoms. The molecule has 0 radical (unpaired) electrons. The number of carbonyl (C=O) groups excluding carboxylic acids is 1. The van der Waals surface area contributed by atoms with Crippen LogP contribution in [0.3, 0.4) is 0 Å². The van der Waals surface area contributed by atoms with Gasteiger partial charge in [-0.1, -0.05) is 0 Å². The third-order valence-electron chi connectivity index (χ3n) is 2.73. The lowest BCUT2D eigenvalue weighted by Gasteiger charge is -2.03. The maximum Gasteiger partial charge on any atom is 0.270 e. The lowest BCUT2D eigenvalue weighted by Crippen LogP contribution is -2.27. The average Bonchev–Trinajstić information content (AvgIpc) is 2.98. The van der Waals surface area contributed by atoms with Crippen LogP contribution in [0.1, 0.15) is 29.0 Å². The fraction of sp³-hybridized carbons (Fsp3) is 0.364. The highest BCUT2D eigenvalue weighted by Crippen LogP contribution is 2.20. The van der Waals surface area contributed by atoms with Crippen molar-refractivity contribution in [3.05, 3.63) is 30.0 Å². The Labute approximate surface area is 92.5 Å². The highest BCUT2D eigenvalue weighted by molar-refractivity contribution is 5.95. The first-order valence-electron chi connectivity index (χ1n) is 5.35. The second kappa shape index (κ2) is 3.30. The summed E-state index contributed by atoms with van der Waals surface area (Å²) in [7, 11) is 0. The van der Waals surface area contributed by atoms with Crippen molar-refractivity contribution >= 4 is 11.6 Å². The van der Waals surface area contributed by atoms with Crippen LogP contribution < -0.4 is 5.32 Å².